The number of pyridine rings is 2. The van der Waals surface area contributed by atoms with Crippen LogP contribution in [0.5, 0.6) is 5.75 Å². The van der Waals surface area contributed by atoms with Gasteiger partial charge in [0.15, 0.2) is 0 Å². The number of nitrogens with zero attached hydrogens (tertiary/aromatic N) is 6. The molecule has 0 bridgehead atoms. The van der Waals surface area contributed by atoms with Crippen molar-refractivity contribution in [2.45, 2.75) is 113 Å². The summed E-state index contributed by atoms with van der Waals surface area (Å²) in [4.78, 5) is 54.2. The lowest BCUT2D eigenvalue weighted by molar-refractivity contribution is -0.138. The van der Waals surface area contributed by atoms with Crippen molar-refractivity contribution >= 4 is 108 Å². The van der Waals surface area contributed by atoms with Crippen LogP contribution in [0.25, 0.3) is 11.1 Å². The minimum Gasteiger partial charge on any atom is -0.426 e. The molecule has 2 N–H and O–H groups in total. The van der Waals surface area contributed by atoms with E-state index in [1.807, 2.05) is 154 Å². The molecule has 128 heavy (non-hydrogen) atoms. The maximum Gasteiger partial charge on any atom is 0.314 e. The van der Waals surface area contributed by atoms with E-state index in [0.29, 0.717) is 24.9 Å². The zero-order valence-electron chi connectivity index (χ0n) is 76.0. The molecule has 0 fully saturated rings. The van der Waals surface area contributed by atoms with Crippen LogP contribution in [0.4, 0.5) is 79.2 Å². The Morgan fingerprint density at radius 1 is 0.375 bits per heavy atom. The summed E-state index contributed by atoms with van der Waals surface area (Å²) in [5.74, 6) is 1.81. The average Bonchev–Trinajstić information content (AvgIpc) is 1.16. The van der Waals surface area contributed by atoms with Crippen molar-refractivity contribution in [2.75, 3.05) is 57.7 Å². The predicted octanol–water partition coefficient (Wildman–Crippen LogP) is 29.3. The van der Waals surface area contributed by atoms with E-state index in [9.17, 15) is 14.4 Å². The van der Waals surface area contributed by atoms with Gasteiger partial charge in [-0.05, 0) is 258 Å². The number of hydrogen-bond donors (Lipinski definition) is 2. The first-order chi connectivity index (χ1) is 62.0. The van der Waals surface area contributed by atoms with E-state index in [1.54, 1.807) is 38.0 Å². The van der Waals surface area contributed by atoms with E-state index < -0.39 is 0 Å². The Labute approximate surface area is 761 Å². The molecule has 15 rings (SSSR count). The number of esters is 1. The molecule has 2 amide bonds. The molecule has 0 saturated carbocycles. The van der Waals surface area contributed by atoms with Crippen molar-refractivity contribution in [3.05, 3.63) is 415 Å². The van der Waals surface area contributed by atoms with Crippen LogP contribution in [-0.4, -0.2) is 55.2 Å². The molecule has 0 spiro atoms. The number of anilines is 14. The number of methoxy groups -OCH3 is 2. The number of hydrogen-bond acceptors (Lipinski definition) is 13. The van der Waals surface area contributed by atoms with Crippen LogP contribution in [-0.2, 0) is 34.7 Å². The number of para-hydroxylation sites is 1. The average molecular weight is 1720 g/mol. The fourth-order valence-corrected chi connectivity index (χ4v) is 15.7. The fourth-order valence-electron chi connectivity index (χ4n) is 14.9. The summed E-state index contributed by atoms with van der Waals surface area (Å²) in [6.07, 6.45) is 5.39. The van der Waals surface area contributed by atoms with Crippen molar-refractivity contribution in [3.63, 3.8) is 0 Å². The van der Waals surface area contributed by atoms with Crippen molar-refractivity contribution < 1.29 is 28.6 Å². The maximum absolute atomic E-state index is 12.2. The molecule has 0 saturated heterocycles. The molecule has 15 heteroatoms. The van der Waals surface area contributed by atoms with Crippen LogP contribution in [0.2, 0.25) is 0 Å². The lowest BCUT2D eigenvalue weighted by atomic mass is 9.78. The number of ether oxygens (including phenoxy) is 3. The standard InChI is InChI=1S/C40H43N.C30H29NO2.C22H24N2O2S.C21H22N4O2/c1-7-30(2)31-18-24-36(25-19-31)41(37-26-20-34(21-27-37)39(3,4)32-14-10-8-11-15-32)38-28-22-35(23-29-38)40(5,6)33-16-12-9-13-17-33;1-4-23(3)30(32)33-29-20-18-28(19-21-29)31(26-14-10-22(2)11-15-26)27-16-12-25(13-17-27)24-8-6-5-7-9-24;1-16-14-18(23-22(25)17(2)15-26-3)11-12-20(16)24(21-10-7-13-27-21)19-8-5-4-6-9-19;1-16(15-27-2)21(26)24-17-9-11-18(12-10-17)25(19-7-3-5-13-22-19)20-8-4-6-14-23-20/h8-30H,7H2,1-6H3;5-21,23H,4H2,1-3H3;4-14,17H,15H2,1-3H3,(H,23,25);3-14,16H,15H2,1-2H3,(H,24,26). The molecule has 0 aliphatic heterocycles. The molecule has 0 radical (unpaired) electrons. The van der Waals surface area contributed by atoms with Crippen molar-refractivity contribution in [1.82, 2.24) is 9.97 Å². The summed E-state index contributed by atoms with van der Waals surface area (Å²) < 4.78 is 15.6. The van der Waals surface area contributed by atoms with Crippen LogP contribution in [0.1, 0.15) is 127 Å². The Kier molecular flexibility index (Phi) is 33.1. The molecular weight excluding hydrogens is 1600 g/mol. The summed E-state index contributed by atoms with van der Waals surface area (Å²) in [5, 5.41) is 9.10. The van der Waals surface area contributed by atoms with Crippen LogP contribution < -0.4 is 35.0 Å². The number of aryl methyl sites for hydroxylation is 2. The third kappa shape index (κ3) is 24.4. The summed E-state index contributed by atoms with van der Waals surface area (Å²) in [7, 11) is 3.19. The Morgan fingerprint density at radius 3 is 1.19 bits per heavy atom. The van der Waals surface area contributed by atoms with Gasteiger partial charge in [-0.15, -0.1) is 11.3 Å². The Morgan fingerprint density at radius 2 is 0.758 bits per heavy atom. The zero-order chi connectivity index (χ0) is 90.5. The molecule has 12 aromatic carbocycles. The van der Waals surface area contributed by atoms with Crippen molar-refractivity contribution in [1.29, 1.82) is 0 Å². The highest BCUT2D eigenvalue weighted by Gasteiger charge is 2.28. The minimum atomic E-state index is -0.215. The predicted molar refractivity (Wildman–Crippen MR) is 533 cm³/mol. The number of amides is 2. The molecule has 3 heterocycles. The number of nitrogens with one attached hydrogen (secondary N) is 2. The Hall–Kier alpha value is -13.8. The van der Waals surface area contributed by atoms with Crippen molar-refractivity contribution in [2.24, 2.45) is 17.8 Å². The SMILES string of the molecule is CCC(C)C(=O)Oc1ccc(N(c2ccc(C)cc2)c2ccc(-c3ccccc3)cc2)cc1.CCC(C)c1ccc(N(c2ccc(C(C)(C)c3ccccc3)cc2)c2ccc(C(C)(C)c3ccccc3)cc2)cc1.COCC(C)C(=O)Nc1ccc(N(c2ccccc2)c2cccs2)c(C)c1.COCC(C)C(=O)Nc1ccc(N(c2ccccn2)c2ccccn2)cc1. The monoisotopic (exact) mass is 1710 g/mol. The van der Waals surface area contributed by atoms with Gasteiger partial charge in [0.25, 0.3) is 0 Å². The van der Waals surface area contributed by atoms with Gasteiger partial charge in [0.2, 0.25) is 11.8 Å². The topological polar surface area (TPSA) is 142 Å². The highest BCUT2D eigenvalue weighted by molar-refractivity contribution is 7.14. The Bertz CT molecular complexity index is 5770. The van der Waals surface area contributed by atoms with E-state index in [-0.39, 0.29) is 46.4 Å². The summed E-state index contributed by atoms with van der Waals surface area (Å²) >= 11 is 1.70. The van der Waals surface area contributed by atoms with E-state index in [4.69, 9.17) is 14.2 Å². The molecule has 0 aliphatic rings. The Balaban J connectivity index is 0.000000157. The first-order valence-corrected chi connectivity index (χ1v) is 44.8. The summed E-state index contributed by atoms with van der Waals surface area (Å²) in [6, 6.07) is 124. The lowest BCUT2D eigenvalue weighted by Gasteiger charge is -2.30. The molecular formula is C113H118N8O6S. The van der Waals surface area contributed by atoms with Crippen LogP contribution >= 0.6 is 11.3 Å². The summed E-state index contributed by atoms with van der Waals surface area (Å²) in [5.41, 5.74) is 22.4. The minimum absolute atomic E-state index is 0.0397. The number of rotatable bonds is 30. The van der Waals surface area contributed by atoms with Gasteiger partial charge in [0.1, 0.15) is 17.4 Å². The van der Waals surface area contributed by atoms with Gasteiger partial charge < -0.3 is 39.5 Å². The quantitative estimate of drug-likeness (QED) is 0.0327. The largest absolute Gasteiger partial charge is 0.426 e. The van der Waals surface area contributed by atoms with Crippen LogP contribution in [0.15, 0.2) is 376 Å². The molecule has 0 aliphatic carbocycles. The van der Waals surface area contributed by atoms with Gasteiger partial charge in [-0.3, -0.25) is 19.3 Å². The van der Waals surface area contributed by atoms with Gasteiger partial charge in [0.05, 0.1) is 36.0 Å². The van der Waals surface area contributed by atoms with Crippen LogP contribution in [0.3, 0.4) is 0 Å². The third-order valence-electron chi connectivity index (χ3n) is 23.2. The van der Waals surface area contributed by atoms with Gasteiger partial charge in [0, 0.05) is 100 Å². The van der Waals surface area contributed by atoms with E-state index >= 15 is 0 Å². The van der Waals surface area contributed by atoms with Gasteiger partial charge in [-0.1, -0.05) is 257 Å². The lowest BCUT2D eigenvalue weighted by Crippen LogP contribution is -2.23. The third-order valence-corrected chi connectivity index (χ3v) is 24.0. The van der Waals surface area contributed by atoms with Gasteiger partial charge in [-0.25, -0.2) is 9.97 Å². The molecule has 3 aromatic heterocycles. The second-order valence-corrected chi connectivity index (χ2v) is 34.1. The van der Waals surface area contributed by atoms with Gasteiger partial charge >= 0.3 is 5.97 Å². The molecule has 15 aromatic rings. The normalized spacial score (nSPS) is 12.0. The number of aromatic nitrogens is 2. The maximum atomic E-state index is 12.2. The molecule has 4 unspecified atom stereocenters. The molecule has 14 nitrogen and oxygen atoms in total. The summed E-state index contributed by atoms with van der Waals surface area (Å²) in [6.45, 7) is 26.3. The van der Waals surface area contributed by atoms with Crippen molar-refractivity contribution in [3.8, 4) is 16.9 Å². The number of carbonyl (C=O) groups excluding carboxylic acids is 3. The molecule has 652 valence electrons. The smallest absolute Gasteiger partial charge is 0.314 e. The van der Waals surface area contributed by atoms with E-state index in [2.05, 4.69) is 333 Å². The first-order valence-electron chi connectivity index (χ1n) is 43.9. The second-order valence-electron chi connectivity index (χ2n) is 33.2. The highest BCUT2D eigenvalue weighted by atomic mass is 32.1. The number of thiophene rings is 1. The molecule has 4 atom stereocenters. The highest BCUT2D eigenvalue weighted by Crippen LogP contribution is 2.44. The zero-order valence-corrected chi connectivity index (χ0v) is 76.8. The number of carbonyl (C=O) groups is 3. The van der Waals surface area contributed by atoms with Crippen LogP contribution in [0, 0.1) is 31.6 Å². The van der Waals surface area contributed by atoms with E-state index in [1.165, 1.54) is 50.2 Å². The first kappa shape index (κ1) is 93.3. The second kappa shape index (κ2) is 45.4. The fraction of sp³-hybridized carbons (Fsp3) is 0.212. The number of benzene rings is 12. The van der Waals surface area contributed by atoms with Gasteiger partial charge in [-0.2, -0.15) is 0 Å². The van der Waals surface area contributed by atoms with E-state index in [0.717, 1.165) is 91.9 Å².